The Morgan fingerprint density at radius 3 is 2.52 bits per heavy atom. The molecule has 0 saturated heterocycles. The Balaban J connectivity index is 1.94. The average Bonchev–Trinajstić information content (AvgIpc) is 2.59. The fraction of sp³-hybridized carbons (Fsp3) is 0.318. The van der Waals surface area contributed by atoms with E-state index in [1.165, 1.54) is 28.0 Å². The minimum absolute atomic E-state index is 0.606. The van der Waals surface area contributed by atoms with Crippen LogP contribution in [0.3, 0.4) is 0 Å². The molecule has 2 aromatic rings. The van der Waals surface area contributed by atoms with E-state index in [0.29, 0.717) is 5.92 Å². The van der Waals surface area contributed by atoms with E-state index in [1.54, 1.807) is 0 Å². The smallest absolute Gasteiger partial charge is 0.0452 e. The van der Waals surface area contributed by atoms with Crippen molar-refractivity contribution in [2.75, 3.05) is 11.4 Å². The van der Waals surface area contributed by atoms with E-state index >= 15 is 0 Å². The second-order valence-corrected chi connectivity index (χ2v) is 6.71. The fourth-order valence-corrected chi connectivity index (χ4v) is 3.39. The van der Waals surface area contributed by atoms with Gasteiger partial charge in [-0.2, -0.15) is 0 Å². The topological polar surface area (TPSA) is 3.24 Å². The molecule has 0 fully saturated rings. The van der Waals surface area contributed by atoms with Crippen LogP contribution in [-0.2, 0) is 13.0 Å². The molecule has 1 heteroatoms. The third-order valence-electron chi connectivity index (χ3n) is 4.53. The van der Waals surface area contributed by atoms with Crippen LogP contribution in [0.1, 0.15) is 37.0 Å². The maximum atomic E-state index is 3.93. The molecule has 0 spiro atoms. The van der Waals surface area contributed by atoms with Crippen molar-refractivity contribution in [3.8, 4) is 0 Å². The van der Waals surface area contributed by atoms with E-state index in [9.17, 15) is 0 Å². The van der Waals surface area contributed by atoms with Gasteiger partial charge >= 0.3 is 0 Å². The Bertz CT molecular complexity index is 735. The van der Waals surface area contributed by atoms with Gasteiger partial charge in [0.15, 0.2) is 0 Å². The lowest BCUT2D eigenvalue weighted by molar-refractivity contribution is 0.672. The molecule has 0 bridgehead atoms. The van der Waals surface area contributed by atoms with Crippen LogP contribution in [0.4, 0.5) is 5.69 Å². The van der Waals surface area contributed by atoms with Crippen molar-refractivity contribution < 1.29 is 0 Å². The second kappa shape index (κ2) is 6.89. The molecule has 1 aliphatic heterocycles. The zero-order valence-electron chi connectivity index (χ0n) is 14.2. The van der Waals surface area contributed by atoms with E-state index in [0.717, 1.165) is 25.9 Å². The lowest BCUT2D eigenvalue weighted by Crippen LogP contribution is -2.30. The Kier molecular flexibility index (Phi) is 4.69. The number of hydrogen-bond acceptors (Lipinski definition) is 1. The monoisotopic (exact) mass is 303 g/mol. The summed E-state index contributed by atoms with van der Waals surface area (Å²) in [6.45, 7) is 10.5. The average molecular weight is 303 g/mol. The van der Waals surface area contributed by atoms with Gasteiger partial charge in [0.1, 0.15) is 0 Å². The normalized spacial score (nSPS) is 13.6. The first-order valence-corrected chi connectivity index (χ1v) is 8.49. The number of nitrogens with zero attached hydrogens (tertiary/aromatic N) is 1. The highest BCUT2D eigenvalue weighted by Crippen LogP contribution is 2.33. The van der Waals surface area contributed by atoms with Gasteiger partial charge < -0.3 is 4.90 Å². The highest BCUT2D eigenvalue weighted by Gasteiger charge is 2.19. The molecule has 1 nitrogen and oxygen atoms in total. The molecule has 118 valence electrons. The molecule has 1 heterocycles. The van der Waals surface area contributed by atoms with Crippen LogP contribution < -0.4 is 4.90 Å². The minimum atomic E-state index is 0.606. The van der Waals surface area contributed by atoms with Crippen molar-refractivity contribution in [3.63, 3.8) is 0 Å². The van der Waals surface area contributed by atoms with Crippen LogP contribution in [0, 0.1) is 5.92 Å². The Hall–Kier alpha value is -2.24. The number of fused-ring (bicyclic) bond motifs is 1. The summed E-state index contributed by atoms with van der Waals surface area (Å²) < 4.78 is 0. The zero-order valence-corrected chi connectivity index (χ0v) is 14.2. The Labute approximate surface area is 140 Å². The van der Waals surface area contributed by atoms with Crippen LogP contribution in [0.5, 0.6) is 0 Å². The van der Waals surface area contributed by atoms with Gasteiger partial charge in [-0.25, -0.2) is 0 Å². The molecule has 0 amide bonds. The molecular weight excluding hydrogens is 278 g/mol. The number of hydrogen-bond donors (Lipinski definition) is 0. The summed E-state index contributed by atoms with van der Waals surface area (Å²) in [4.78, 5) is 2.50. The number of allylic oxidation sites excluding steroid dienone is 1. The molecule has 0 radical (unpaired) electrons. The van der Waals surface area contributed by atoms with Gasteiger partial charge in [0.25, 0.3) is 0 Å². The summed E-state index contributed by atoms with van der Waals surface area (Å²) in [6.07, 6.45) is 2.13. The van der Waals surface area contributed by atoms with Crippen LogP contribution in [0.2, 0.25) is 0 Å². The zero-order chi connectivity index (χ0) is 16.2. The van der Waals surface area contributed by atoms with E-state index < -0.39 is 0 Å². The Morgan fingerprint density at radius 2 is 1.78 bits per heavy atom. The van der Waals surface area contributed by atoms with Crippen LogP contribution in [-0.4, -0.2) is 6.54 Å². The van der Waals surface area contributed by atoms with E-state index in [4.69, 9.17) is 0 Å². The van der Waals surface area contributed by atoms with Gasteiger partial charge in [0.2, 0.25) is 0 Å². The highest BCUT2D eigenvalue weighted by molar-refractivity contribution is 5.77. The molecule has 23 heavy (non-hydrogen) atoms. The van der Waals surface area contributed by atoms with Crippen molar-refractivity contribution in [2.24, 2.45) is 5.92 Å². The largest absolute Gasteiger partial charge is 0.366 e. The summed E-state index contributed by atoms with van der Waals surface area (Å²) >= 11 is 0. The lowest BCUT2D eigenvalue weighted by atomic mass is 9.94. The molecule has 0 saturated carbocycles. The summed E-state index contributed by atoms with van der Waals surface area (Å²) in [6, 6.07) is 17.5. The van der Waals surface area contributed by atoms with Crippen molar-refractivity contribution in [3.05, 3.63) is 77.5 Å². The molecule has 0 aliphatic carbocycles. The third-order valence-corrected chi connectivity index (χ3v) is 4.53. The van der Waals surface area contributed by atoms with E-state index in [-0.39, 0.29) is 0 Å². The number of anilines is 1. The first-order valence-electron chi connectivity index (χ1n) is 8.49. The SMILES string of the molecule is C=C=C(CC(C)C)c1ccccc1N1CCc2ccccc2C1. The minimum Gasteiger partial charge on any atom is -0.366 e. The molecule has 0 aromatic heterocycles. The van der Waals surface area contributed by atoms with Crippen LogP contribution >= 0.6 is 0 Å². The molecule has 2 aromatic carbocycles. The number of benzene rings is 2. The second-order valence-electron chi connectivity index (χ2n) is 6.71. The van der Waals surface area contributed by atoms with Gasteiger partial charge in [0, 0.05) is 29.9 Å². The summed E-state index contributed by atoms with van der Waals surface area (Å²) in [5.74, 6) is 0.606. The van der Waals surface area contributed by atoms with Gasteiger partial charge in [0.05, 0.1) is 0 Å². The van der Waals surface area contributed by atoms with Crippen LogP contribution in [0.15, 0.2) is 60.8 Å². The van der Waals surface area contributed by atoms with Gasteiger partial charge in [-0.05, 0) is 36.0 Å². The molecule has 0 atom stereocenters. The fourth-order valence-electron chi connectivity index (χ4n) is 3.39. The summed E-state index contributed by atoms with van der Waals surface area (Å²) in [7, 11) is 0. The van der Waals surface area contributed by atoms with E-state index in [1.807, 2.05) is 0 Å². The molecule has 0 N–H and O–H groups in total. The molecular formula is C22H25N. The first-order chi connectivity index (χ1) is 11.2. The van der Waals surface area contributed by atoms with Gasteiger partial charge in [-0.1, -0.05) is 62.9 Å². The number of para-hydroxylation sites is 1. The Morgan fingerprint density at radius 1 is 1.09 bits per heavy atom. The van der Waals surface area contributed by atoms with Crippen molar-refractivity contribution in [1.82, 2.24) is 0 Å². The molecule has 3 rings (SSSR count). The predicted molar refractivity (Wildman–Crippen MR) is 99.6 cm³/mol. The maximum absolute atomic E-state index is 3.93. The summed E-state index contributed by atoms with van der Waals surface area (Å²) in [5.41, 5.74) is 9.96. The first kappa shape index (κ1) is 15.6. The molecule has 1 aliphatic rings. The standard InChI is InChI=1S/C22H25N/c1-4-18(15-17(2)3)21-11-7-8-12-22(21)23-14-13-19-9-5-6-10-20(19)16-23/h5-12,17H,1,13-16H2,2-3H3. The lowest BCUT2D eigenvalue weighted by Gasteiger charge is -2.32. The predicted octanol–water partition coefficient (Wildman–Crippen LogP) is 5.46. The van der Waals surface area contributed by atoms with E-state index in [2.05, 4.69) is 79.6 Å². The van der Waals surface area contributed by atoms with Gasteiger partial charge in [-0.15, -0.1) is 5.73 Å². The molecule has 0 unspecified atom stereocenters. The number of rotatable bonds is 4. The van der Waals surface area contributed by atoms with Crippen LogP contribution in [0.25, 0.3) is 5.57 Å². The quantitative estimate of drug-likeness (QED) is 0.678. The van der Waals surface area contributed by atoms with Crippen molar-refractivity contribution in [2.45, 2.75) is 33.2 Å². The highest BCUT2D eigenvalue weighted by atomic mass is 15.1. The van der Waals surface area contributed by atoms with Gasteiger partial charge in [-0.3, -0.25) is 0 Å². The third kappa shape index (κ3) is 3.41. The van der Waals surface area contributed by atoms with Crippen molar-refractivity contribution in [1.29, 1.82) is 0 Å². The maximum Gasteiger partial charge on any atom is 0.0452 e. The summed E-state index contributed by atoms with van der Waals surface area (Å²) in [5, 5.41) is 0. The van der Waals surface area contributed by atoms with Crippen molar-refractivity contribution >= 4 is 11.3 Å².